The van der Waals surface area contributed by atoms with Crippen LogP contribution >= 0.6 is 47.8 Å². The van der Waals surface area contributed by atoms with E-state index in [0.717, 1.165) is 29.2 Å². The summed E-state index contributed by atoms with van der Waals surface area (Å²) in [5.41, 5.74) is 0.0303. The number of aromatic nitrogens is 1. The number of alkyl halides is 1. The van der Waals surface area contributed by atoms with Crippen molar-refractivity contribution < 1.29 is 0 Å². The van der Waals surface area contributed by atoms with Crippen molar-refractivity contribution in [2.24, 2.45) is 0 Å². The zero-order valence-electron chi connectivity index (χ0n) is 7.47. The first-order valence-electron chi connectivity index (χ1n) is 4.26. The van der Waals surface area contributed by atoms with Gasteiger partial charge < -0.3 is 4.57 Å². The molecule has 0 saturated carbocycles. The number of halogens is 3. The van der Waals surface area contributed by atoms with Crippen molar-refractivity contribution in [3.63, 3.8) is 0 Å². The number of aryl methyl sites for hydroxylation is 1. The van der Waals surface area contributed by atoms with Crippen LogP contribution in [0.5, 0.6) is 0 Å². The number of pyridine rings is 1. The SMILES string of the molecule is O=c1c(Br)cc(Br)cn1CCCCBr. The van der Waals surface area contributed by atoms with E-state index in [1.807, 2.05) is 6.20 Å². The lowest BCUT2D eigenvalue weighted by atomic mass is 10.3. The molecule has 0 aliphatic heterocycles. The Hall–Kier alpha value is 0.390. The third kappa shape index (κ3) is 3.51. The van der Waals surface area contributed by atoms with Crippen molar-refractivity contribution in [3.05, 3.63) is 31.6 Å². The smallest absolute Gasteiger partial charge is 0.264 e. The number of nitrogens with zero attached hydrogens (tertiary/aromatic N) is 1. The maximum absolute atomic E-state index is 11.6. The summed E-state index contributed by atoms with van der Waals surface area (Å²) in [6.45, 7) is 0.766. The summed E-state index contributed by atoms with van der Waals surface area (Å²) in [5, 5.41) is 0.983. The maximum atomic E-state index is 11.6. The third-order valence-electron chi connectivity index (χ3n) is 1.79. The predicted octanol–water partition coefficient (Wildman–Crippen LogP) is 3.55. The van der Waals surface area contributed by atoms with Crippen LogP contribution in [-0.4, -0.2) is 9.90 Å². The fourth-order valence-corrected chi connectivity index (χ4v) is 2.76. The van der Waals surface area contributed by atoms with E-state index in [2.05, 4.69) is 47.8 Å². The highest BCUT2D eigenvalue weighted by Crippen LogP contribution is 2.13. The molecule has 0 radical (unpaired) electrons. The summed E-state index contributed by atoms with van der Waals surface area (Å²) in [5.74, 6) is 0. The Morgan fingerprint density at radius 2 is 2.00 bits per heavy atom. The molecule has 0 aliphatic rings. The summed E-state index contributed by atoms with van der Waals surface area (Å²) in [6.07, 6.45) is 3.91. The summed E-state index contributed by atoms with van der Waals surface area (Å²) in [4.78, 5) is 11.6. The highest BCUT2D eigenvalue weighted by Gasteiger charge is 2.02. The summed E-state index contributed by atoms with van der Waals surface area (Å²) in [7, 11) is 0. The van der Waals surface area contributed by atoms with Gasteiger partial charge in [-0.1, -0.05) is 15.9 Å². The third-order valence-corrected chi connectivity index (χ3v) is 3.35. The van der Waals surface area contributed by atoms with E-state index in [-0.39, 0.29) is 5.56 Å². The van der Waals surface area contributed by atoms with Gasteiger partial charge >= 0.3 is 0 Å². The minimum Gasteiger partial charge on any atom is -0.313 e. The van der Waals surface area contributed by atoms with Crippen molar-refractivity contribution in [2.75, 3.05) is 5.33 Å². The van der Waals surface area contributed by atoms with Crippen LogP contribution in [0.4, 0.5) is 0 Å². The van der Waals surface area contributed by atoms with Gasteiger partial charge in [-0.2, -0.15) is 0 Å². The standard InChI is InChI=1S/C9H10Br3NO/c10-3-1-2-4-13-6-7(11)5-8(12)9(13)14/h5-6H,1-4H2. The van der Waals surface area contributed by atoms with Gasteiger partial charge in [0.05, 0.1) is 4.47 Å². The molecule has 0 saturated heterocycles. The molecule has 5 heteroatoms. The molecule has 1 aromatic heterocycles. The summed E-state index contributed by atoms with van der Waals surface area (Å²) >= 11 is 9.95. The Morgan fingerprint density at radius 3 is 2.64 bits per heavy atom. The Kier molecular flexibility index (Phi) is 5.41. The number of hydrogen-bond acceptors (Lipinski definition) is 1. The monoisotopic (exact) mass is 385 g/mol. The zero-order valence-corrected chi connectivity index (χ0v) is 12.2. The van der Waals surface area contributed by atoms with Crippen LogP contribution in [0.2, 0.25) is 0 Å². The highest BCUT2D eigenvalue weighted by molar-refractivity contribution is 9.11. The second-order valence-corrected chi connectivity index (χ2v) is 5.46. The molecule has 1 aromatic rings. The summed E-state index contributed by atoms with van der Waals surface area (Å²) < 4.78 is 3.24. The van der Waals surface area contributed by atoms with E-state index in [0.29, 0.717) is 4.47 Å². The van der Waals surface area contributed by atoms with Crippen molar-refractivity contribution in [1.82, 2.24) is 4.57 Å². The average Bonchev–Trinajstić information content (AvgIpc) is 2.13. The van der Waals surface area contributed by atoms with Crippen molar-refractivity contribution >= 4 is 47.8 Å². The van der Waals surface area contributed by atoms with Crippen LogP contribution in [0, 0.1) is 0 Å². The van der Waals surface area contributed by atoms with Gasteiger partial charge in [0.25, 0.3) is 5.56 Å². The fraction of sp³-hybridized carbons (Fsp3) is 0.444. The minimum absolute atomic E-state index is 0.0303. The fourth-order valence-electron chi connectivity index (χ4n) is 1.11. The minimum atomic E-state index is 0.0303. The first kappa shape index (κ1) is 12.5. The lowest BCUT2D eigenvalue weighted by Crippen LogP contribution is -2.20. The van der Waals surface area contributed by atoms with E-state index in [4.69, 9.17) is 0 Å². The highest BCUT2D eigenvalue weighted by atomic mass is 79.9. The molecular formula is C9H10Br3NO. The molecule has 0 spiro atoms. The molecule has 0 aliphatic carbocycles. The Balaban J connectivity index is 2.81. The molecule has 1 rings (SSSR count). The first-order chi connectivity index (χ1) is 6.65. The van der Waals surface area contributed by atoms with Gasteiger partial charge in [0.1, 0.15) is 0 Å². The predicted molar refractivity (Wildman–Crippen MR) is 69.1 cm³/mol. The quantitative estimate of drug-likeness (QED) is 0.572. The molecule has 14 heavy (non-hydrogen) atoms. The molecule has 1 heterocycles. The van der Waals surface area contributed by atoms with Gasteiger partial charge in [0.2, 0.25) is 0 Å². The Labute approximate surface area is 108 Å². The number of hydrogen-bond donors (Lipinski definition) is 0. The molecule has 78 valence electrons. The molecule has 0 fully saturated rings. The van der Waals surface area contributed by atoms with Crippen LogP contribution in [0.1, 0.15) is 12.8 Å². The molecule has 0 aromatic carbocycles. The second kappa shape index (κ2) is 6.08. The molecular weight excluding hydrogens is 378 g/mol. The van der Waals surface area contributed by atoms with Crippen LogP contribution < -0.4 is 5.56 Å². The van der Waals surface area contributed by atoms with Gasteiger partial charge in [0.15, 0.2) is 0 Å². The van der Waals surface area contributed by atoms with Crippen molar-refractivity contribution in [2.45, 2.75) is 19.4 Å². The molecule has 2 nitrogen and oxygen atoms in total. The maximum Gasteiger partial charge on any atom is 0.264 e. The normalized spacial score (nSPS) is 10.5. The molecule has 0 N–H and O–H groups in total. The van der Waals surface area contributed by atoms with Gasteiger partial charge in [-0.15, -0.1) is 0 Å². The molecule has 0 bridgehead atoms. The van der Waals surface area contributed by atoms with E-state index in [9.17, 15) is 4.79 Å². The zero-order chi connectivity index (χ0) is 10.6. The van der Waals surface area contributed by atoms with Crippen LogP contribution in [0.15, 0.2) is 26.0 Å². The lowest BCUT2D eigenvalue weighted by molar-refractivity contribution is 0.613. The molecule has 0 amide bonds. The summed E-state index contributed by atoms with van der Waals surface area (Å²) in [6, 6.07) is 1.77. The van der Waals surface area contributed by atoms with Gasteiger partial charge in [-0.3, -0.25) is 4.79 Å². The average molecular weight is 388 g/mol. The first-order valence-corrected chi connectivity index (χ1v) is 6.97. The topological polar surface area (TPSA) is 22.0 Å². The van der Waals surface area contributed by atoms with Crippen molar-refractivity contribution in [3.8, 4) is 0 Å². The Morgan fingerprint density at radius 1 is 1.29 bits per heavy atom. The Bertz CT molecular complexity index is 362. The van der Waals surface area contributed by atoms with Gasteiger partial charge in [0, 0.05) is 22.5 Å². The van der Waals surface area contributed by atoms with E-state index in [1.54, 1.807) is 10.6 Å². The van der Waals surface area contributed by atoms with Crippen LogP contribution in [0.3, 0.4) is 0 Å². The van der Waals surface area contributed by atoms with Crippen LogP contribution in [0.25, 0.3) is 0 Å². The van der Waals surface area contributed by atoms with E-state index in [1.165, 1.54) is 0 Å². The molecule has 0 unspecified atom stereocenters. The van der Waals surface area contributed by atoms with E-state index >= 15 is 0 Å². The van der Waals surface area contributed by atoms with Gasteiger partial charge in [-0.25, -0.2) is 0 Å². The number of unbranched alkanes of at least 4 members (excludes halogenated alkanes) is 1. The van der Waals surface area contributed by atoms with Crippen LogP contribution in [-0.2, 0) is 6.54 Å². The number of rotatable bonds is 4. The van der Waals surface area contributed by atoms with E-state index < -0.39 is 0 Å². The van der Waals surface area contributed by atoms with Gasteiger partial charge in [-0.05, 0) is 50.8 Å². The lowest BCUT2D eigenvalue weighted by Gasteiger charge is -2.05. The second-order valence-electron chi connectivity index (χ2n) is 2.90. The van der Waals surface area contributed by atoms with Crippen molar-refractivity contribution in [1.29, 1.82) is 0 Å². The largest absolute Gasteiger partial charge is 0.313 e. The molecule has 0 atom stereocenters.